The molecule has 24 heavy (non-hydrogen) atoms. The second-order valence-electron chi connectivity index (χ2n) is 5.92. The molecule has 1 atom stereocenters. The van der Waals surface area contributed by atoms with Gasteiger partial charge in [-0.1, -0.05) is 12.5 Å². The number of nitrogens with one attached hydrogen (secondary N) is 1. The Labute approximate surface area is 140 Å². The molecule has 1 unspecified atom stereocenters. The fourth-order valence-corrected chi connectivity index (χ4v) is 4.79. The highest BCUT2D eigenvalue weighted by Crippen LogP contribution is 2.34. The number of sulfonamides is 1. The number of ether oxygens (including phenoxy) is 1. The number of benzene rings is 1. The van der Waals surface area contributed by atoms with E-state index in [1.807, 2.05) is 0 Å². The second kappa shape index (κ2) is 6.45. The maximum atomic E-state index is 13.1. The van der Waals surface area contributed by atoms with Gasteiger partial charge in [-0.05, 0) is 25.0 Å². The molecule has 0 radical (unpaired) electrons. The Bertz CT molecular complexity index is 885. The molecule has 1 fully saturated rings. The number of hydrogen-bond acceptors (Lipinski definition) is 4. The van der Waals surface area contributed by atoms with Crippen LogP contribution in [0.15, 0.2) is 40.0 Å². The van der Waals surface area contributed by atoms with Gasteiger partial charge < -0.3 is 4.74 Å². The highest BCUT2D eigenvalue weighted by Gasteiger charge is 2.35. The molecule has 1 N–H and O–H groups in total. The van der Waals surface area contributed by atoms with Gasteiger partial charge in [0.05, 0.1) is 23.7 Å². The second-order valence-corrected chi connectivity index (χ2v) is 7.81. The van der Waals surface area contributed by atoms with Gasteiger partial charge in [0, 0.05) is 25.7 Å². The van der Waals surface area contributed by atoms with Crippen LogP contribution in [-0.2, 0) is 17.1 Å². The minimum atomic E-state index is -3.67. The maximum absolute atomic E-state index is 13.1. The molecule has 2 heterocycles. The highest BCUT2D eigenvalue weighted by molar-refractivity contribution is 7.89. The van der Waals surface area contributed by atoms with E-state index in [1.54, 1.807) is 25.2 Å². The van der Waals surface area contributed by atoms with Crippen molar-refractivity contribution in [3.8, 4) is 5.75 Å². The van der Waals surface area contributed by atoms with E-state index in [0.29, 0.717) is 24.4 Å². The van der Waals surface area contributed by atoms with Crippen LogP contribution in [0.4, 0.5) is 0 Å². The first-order valence-corrected chi connectivity index (χ1v) is 9.29. The van der Waals surface area contributed by atoms with E-state index in [4.69, 9.17) is 4.74 Å². The monoisotopic (exact) mass is 351 g/mol. The molecule has 8 heteroatoms. The first-order valence-electron chi connectivity index (χ1n) is 7.85. The Hall–Kier alpha value is -2.06. The minimum absolute atomic E-state index is 0.172. The van der Waals surface area contributed by atoms with E-state index >= 15 is 0 Å². The summed E-state index contributed by atoms with van der Waals surface area (Å²) in [6, 6.07) is 7.58. The highest BCUT2D eigenvalue weighted by atomic mass is 32.2. The van der Waals surface area contributed by atoms with Gasteiger partial charge in [0.15, 0.2) is 0 Å². The molecule has 2 aromatic rings. The van der Waals surface area contributed by atoms with Crippen molar-refractivity contribution in [2.75, 3.05) is 13.7 Å². The van der Waals surface area contributed by atoms with Crippen molar-refractivity contribution < 1.29 is 13.2 Å². The van der Waals surface area contributed by atoms with Crippen LogP contribution in [0.1, 0.15) is 31.0 Å². The molecule has 130 valence electrons. The Kier molecular flexibility index (Phi) is 4.51. The molecule has 0 spiro atoms. The summed E-state index contributed by atoms with van der Waals surface area (Å²) < 4.78 is 34.2. The summed E-state index contributed by atoms with van der Waals surface area (Å²) in [5.41, 5.74) is 0.461. The van der Waals surface area contributed by atoms with Gasteiger partial charge in [-0.3, -0.25) is 14.6 Å². The number of aryl methyl sites for hydroxylation is 1. The number of nitrogens with zero attached hydrogens (tertiary/aromatic N) is 2. The van der Waals surface area contributed by atoms with Gasteiger partial charge in [0.1, 0.15) is 5.75 Å². The lowest BCUT2D eigenvalue weighted by atomic mass is 10.0. The number of H-pyrrole nitrogens is 1. The van der Waals surface area contributed by atoms with Crippen LogP contribution in [-0.4, -0.2) is 36.2 Å². The van der Waals surface area contributed by atoms with E-state index in [-0.39, 0.29) is 16.5 Å². The summed E-state index contributed by atoms with van der Waals surface area (Å²) in [6.07, 6.45) is 2.41. The number of aromatic amines is 1. The third-order valence-electron chi connectivity index (χ3n) is 4.37. The Balaban J connectivity index is 2.01. The van der Waals surface area contributed by atoms with Crippen molar-refractivity contribution in [1.29, 1.82) is 0 Å². The summed E-state index contributed by atoms with van der Waals surface area (Å²) in [5, 5.41) is 2.96. The molecule has 1 saturated heterocycles. The van der Waals surface area contributed by atoms with Crippen LogP contribution >= 0.6 is 0 Å². The third-order valence-corrected chi connectivity index (χ3v) is 6.27. The van der Waals surface area contributed by atoms with Crippen LogP contribution in [0.2, 0.25) is 0 Å². The van der Waals surface area contributed by atoms with Gasteiger partial charge in [-0.25, -0.2) is 8.42 Å². The topological polar surface area (TPSA) is 84.4 Å². The van der Waals surface area contributed by atoms with Crippen molar-refractivity contribution in [1.82, 2.24) is 14.1 Å². The molecule has 1 aromatic carbocycles. The van der Waals surface area contributed by atoms with Crippen molar-refractivity contribution in [2.45, 2.75) is 30.2 Å². The lowest BCUT2D eigenvalue weighted by molar-refractivity contribution is 0.250. The zero-order valence-corrected chi connectivity index (χ0v) is 14.5. The lowest BCUT2D eigenvalue weighted by Crippen LogP contribution is -2.38. The summed E-state index contributed by atoms with van der Waals surface area (Å²) in [4.78, 5) is 11.9. The number of rotatable bonds is 4. The van der Waals surface area contributed by atoms with Crippen LogP contribution in [0.3, 0.4) is 0 Å². The van der Waals surface area contributed by atoms with Gasteiger partial charge >= 0.3 is 0 Å². The molecular weight excluding hydrogens is 330 g/mol. The quantitative estimate of drug-likeness (QED) is 0.907. The number of methoxy groups -OCH3 is 1. The van der Waals surface area contributed by atoms with Gasteiger partial charge in [-0.2, -0.15) is 4.31 Å². The third kappa shape index (κ3) is 2.99. The minimum Gasteiger partial charge on any atom is -0.497 e. The summed E-state index contributed by atoms with van der Waals surface area (Å²) >= 11 is 0. The Morgan fingerprint density at radius 3 is 2.71 bits per heavy atom. The fourth-order valence-electron chi connectivity index (χ4n) is 3.08. The van der Waals surface area contributed by atoms with Gasteiger partial charge in [-0.15, -0.1) is 0 Å². The first kappa shape index (κ1) is 16.8. The smallest absolute Gasteiger partial charge is 0.266 e. The predicted octanol–water partition coefficient (Wildman–Crippen LogP) is 1.64. The van der Waals surface area contributed by atoms with E-state index < -0.39 is 10.0 Å². The molecule has 1 aliphatic rings. The van der Waals surface area contributed by atoms with E-state index in [9.17, 15) is 13.2 Å². The molecule has 1 aliphatic heterocycles. The average molecular weight is 351 g/mol. The van der Waals surface area contributed by atoms with Crippen LogP contribution in [0, 0.1) is 0 Å². The molecule has 1 aromatic heterocycles. The largest absolute Gasteiger partial charge is 0.497 e. The molecule has 0 saturated carbocycles. The Morgan fingerprint density at radius 1 is 1.25 bits per heavy atom. The number of aromatic nitrogens is 2. The molecular formula is C16H21N3O4S. The standard InChI is InChI=1S/C16H21N3O4S/c1-18-16(20)11-14(17-18)15-8-3-4-9-19(15)24(21,22)13-7-5-6-12(10-13)23-2/h5-7,10-11,15,17H,3-4,8-9H2,1-2H3. The summed E-state index contributed by atoms with van der Waals surface area (Å²) in [6.45, 7) is 0.432. The summed E-state index contributed by atoms with van der Waals surface area (Å²) in [5.74, 6) is 0.498. The van der Waals surface area contributed by atoms with Crippen LogP contribution in [0.5, 0.6) is 5.75 Å². The SMILES string of the molecule is COc1cccc(S(=O)(=O)N2CCCCC2c2cc(=O)n(C)[nH]2)c1. The average Bonchev–Trinajstić information content (AvgIpc) is 2.94. The predicted molar refractivity (Wildman–Crippen MR) is 89.5 cm³/mol. The van der Waals surface area contributed by atoms with Crippen LogP contribution < -0.4 is 10.3 Å². The molecule has 0 aliphatic carbocycles. The molecule has 7 nitrogen and oxygen atoms in total. The fraction of sp³-hybridized carbons (Fsp3) is 0.438. The zero-order valence-electron chi connectivity index (χ0n) is 13.7. The van der Waals surface area contributed by atoms with Crippen molar-refractivity contribution in [3.05, 3.63) is 46.4 Å². The molecule has 0 amide bonds. The van der Waals surface area contributed by atoms with Crippen LogP contribution in [0.25, 0.3) is 0 Å². The van der Waals surface area contributed by atoms with E-state index in [0.717, 1.165) is 12.8 Å². The molecule has 3 rings (SSSR count). The number of hydrogen-bond donors (Lipinski definition) is 1. The van der Waals surface area contributed by atoms with E-state index in [2.05, 4.69) is 5.10 Å². The Morgan fingerprint density at radius 2 is 2.04 bits per heavy atom. The maximum Gasteiger partial charge on any atom is 0.266 e. The van der Waals surface area contributed by atoms with Crippen molar-refractivity contribution in [2.24, 2.45) is 7.05 Å². The number of piperidine rings is 1. The summed E-state index contributed by atoms with van der Waals surface area (Å²) in [7, 11) is -0.549. The lowest BCUT2D eigenvalue weighted by Gasteiger charge is -2.34. The normalized spacial score (nSPS) is 19.3. The van der Waals surface area contributed by atoms with E-state index in [1.165, 1.54) is 28.2 Å². The first-order chi connectivity index (χ1) is 11.4. The van der Waals surface area contributed by atoms with Crippen molar-refractivity contribution in [3.63, 3.8) is 0 Å². The molecule has 0 bridgehead atoms. The van der Waals surface area contributed by atoms with Crippen molar-refractivity contribution >= 4 is 10.0 Å². The van der Waals surface area contributed by atoms with Gasteiger partial charge in [0.25, 0.3) is 5.56 Å². The zero-order chi connectivity index (χ0) is 17.3. The van der Waals surface area contributed by atoms with Gasteiger partial charge in [0.2, 0.25) is 10.0 Å².